The number of hydrogen-bond donors (Lipinski definition) is 1. The Morgan fingerprint density at radius 1 is 1.11 bits per heavy atom. The van der Waals surface area contributed by atoms with Gasteiger partial charge in [0.15, 0.2) is 0 Å². The predicted octanol–water partition coefficient (Wildman–Crippen LogP) is 1.65. The van der Waals surface area contributed by atoms with Crippen molar-refractivity contribution in [2.45, 2.75) is 33.1 Å². The van der Waals surface area contributed by atoms with Crippen LogP contribution in [0.25, 0.3) is 0 Å². The van der Waals surface area contributed by atoms with Crippen LogP contribution in [0.1, 0.15) is 33.1 Å². The van der Waals surface area contributed by atoms with Crippen LogP contribution in [0.15, 0.2) is 0 Å². The zero-order chi connectivity index (χ0) is 13.0. The van der Waals surface area contributed by atoms with Crippen molar-refractivity contribution >= 4 is 0 Å². The Labute approximate surface area is 113 Å². The molecule has 1 aliphatic heterocycles. The number of piperazine rings is 1. The van der Waals surface area contributed by atoms with Crippen molar-refractivity contribution in [1.82, 2.24) is 15.1 Å². The molecule has 1 unspecified atom stereocenters. The molecule has 1 heterocycles. The van der Waals surface area contributed by atoms with Gasteiger partial charge in [0.2, 0.25) is 0 Å². The maximum Gasteiger partial charge on any atom is 0.0110 e. The van der Waals surface area contributed by atoms with Crippen LogP contribution >= 0.6 is 0 Å². The zero-order valence-corrected chi connectivity index (χ0v) is 12.5. The third kappa shape index (κ3) is 4.22. The SMILES string of the molecule is CCC(C)(CNC)CN1CCN(CC2CC2)CC1. The van der Waals surface area contributed by atoms with Gasteiger partial charge in [-0.25, -0.2) is 0 Å². The highest BCUT2D eigenvalue weighted by Crippen LogP contribution is 2.30. The van der Waals surface area contributed by atoms with E-state index in [1.807, 2.05) is 0 Å². The lowest BCUT2D eigenvalue weighted by Crippen LogP contribution is -2.51. The van der Waals surface area contributed by atoms with E-state index in [2.05, 4.69) is 36.0 Å². The average Bonchev–Trinajstić information content (AvgIpc) is 3.16. The Morgan fingerprint density at radius 3 is 2.22 bits per heavy atom. The van der Waals surface area contributed by atoms with Crippen molar-refractivity contribution in [3.63, 3.8) is 0 Å². The van der Waals surface area contributed by atoms with Crippen molar-refractivity contribution < 1.29 is 0 Å². The molecule has 0 spiro atoms. The maximum absolute atomic E-state index is 3.35. The summed E-state index contributed by atoms with van der Waals surface area (Å²) in [4.78, 5) is 5.35. The van der Waals surface area contributed by atoms with E-state index in [0.29, 0.717) is 5.41 Å². The maximum atomic E-state index is 3.35. The molecule has 0 aromatic heterocycles. The predicted molar refractivity (Wildman–Crippen MR) is 77.9 cm³/mol. The molecule has 1 N–H and O–H groups in total. The third-order valence-electron chi connectivity index (χ3n) is 4.74. The molecular weight excluding hydrogens is 222 g/mol. The summed E-state index contributed by atoms with van der Waals surface area (Å²) in [5, 5.41) is 3.35. The topological polar surface area (TPSA) is 18.5 Å². The second kappa shape index (κ2) is 6.36. The minimum absolute atomic E-state index is 0.438. The van der Waals surface area contributed by atoms with Gasteiger partial charge in [0.1, 0.15) is 0 Å². The molecule has 3 nitrogen and oxygen atoms in total. The zero-order valence-electron chi connectivity index (χ0n) is 12.5. The summed E-state index contributed by atoms with van der Waals surface area (Å²) in [6.45, 7) is 13.6. The van der Waals surface area contributed by atoms with Gasteiger partial charge >= 0.3 is 0 Å². The summed E-state index contributed by atoms with van der Waals surface area (Å²) in [6, 6.07) is 0. The molecule has 2 rings (SSSR count). The lowest BCUT2D eigenvalue weighted by molar-refractivity contribution is 0.0867. The first-order valence-corrected chi connectivity index (χ1v) is 7.74. The first-order chi connectivity index (χ1) is 8.65. The van der Waals surface area contributed by atoms with Crippen LogP contribution in [-0.2, 0) is 0 Å². The molecule has 2 aliphatic rings. The summed E-state index contributed by atoms with van der Waals surface area (Å²) < 4.78 is 0. The van der Waals surface area contributed by atoms with Crippen molar-refractivity contribution in [2.75, 3.05) is 52.9 Å². The third-order valence-corrected chi connectivity index (χ3v) is 4.74. The lowest BCUT2D eigenvalue weighted by atomic mass is 9.86. The Hall–Kier alpha value is -0.120. The highest BCUT2D eigenvalue weighted by Gasteiger charge is 2.29. The number of hydrogen-bond acceptors (Lipinski definition) is 3. The Morgan fingerprint density at radius 2 is 1.72 bits per heavy atom. The van der Waals surface area contributed by atoms with E-state index in [-0.39, 0.29) is 0 Å². The van der Waals surface area contributed by atoms with E-state index in [1.54, 1.807) is 0 Å². The normalized spacial score (nSPS) is 26.2. The summed E-state index contributed by atoms with van der Waals surface area (Å²) >= 11 is 0. The van der Waals surface area contributed by atoms with E-state index >= 15 is 0 Å². The van der Waals surface area contributed by atoms with Crippen molar-refractivity contribution in [1.29, 1.82) is 0 Å². The molecule has 1 saturated carbocycles. The van der Waals surface area contributed by atoms with Crippen LogP contribution in [0.2, 0.25) is 0 Å². The molecule has 0 amide bonds. The van der Waals surface area contributed by atoms with Crippen molar-refractivity contribution in [2.24, 2.45) is 11.3 Å². The number of rotatable bonds is 7. The minimum atomic E-state index is 0.438. The number of nitrogens with zero attached hydrogens (tertiary/aromatic N) is 2. The molecule has 0 bridgehead atoms. The summed E-state index contributed by atoms with van der Waals surface area (Å²) in [5.41, 5.74) is 0.438. The van der Waals surface area contributed by atoms with E-state index < -0.39 is 0 Å². The van der Waals surface area contributed by atoms with Gasteiger partial charge in [0.25, 0.3) is 0 Å². The average molecular weight is 253 g/mol. The molecule has 2 fully saturated rings. The van der Waals surface area contributed by atoms with E-state index in [9.17, 15) is 0 Å². The first-order valence-electron chi connectivity index (χ1n) is 7.74. The van der Waals surface area contributed by atoms with Crippen LogP contribution in [0.4, 0.5) is 0 Å². The molecule has 1 saturated heterocycles. The highest BCUT2D eigenvalue weighted by molar-refractivity contribution is 4.84. The molecular formula is C15H31N3. The van der Waals surface area contributed by atoms with Crippen molar-refractivity contribution in [3.8, 4) is 0 Å². The molecule has 1 atom stereocenters. The summed E-state index contributed by atoms with van der Waals surface area (Å²) in [5.74, 6) is 1.04. The second-order valence-electron chi connectivity index (χ2n) is 6.71. The van der Waals surface area contributed by atoms with Crippen LogP contribution in [0, 0.1) is 11.3 Å². The minimum Gasteiger partial charge on any atom is -0.319 e. The van der Waals surface area contributed by atoms with Crippen LogP contribution in [0.5, 0.6) is 0 Å². The standard InChI is InChI=1S/C15H31N3/c1-4-15(2,12-16-3)13-18-9-7-17(8-10-18)11-14-5-6-14/h14,16H,4-13H2,1-3H3. The summed E-state index contributed by atoms with van der Waals surface area (Å²) in [6.07, 6.45) is 4.22. The molecule has 1 aliphatic carbocycles. The van der Waals surface area contributed by atoms with Gasteiger partial charge in [-0.1, -0.05) is 13.8 Å². The fourth-order valence-electron chi connectivity index (χ4n) is 3.05. The molecule has 106 valence electrons. The van der Waals surface area contributed by atoms with Gasteiger partial charge in [-0.3, -0.25) is 0 Å². The Bertz CT molecular complexity index is 244. The van der Waals surface area contributed by atoms with Gasteiger partial charge in [0.05, 0.1) is 0 Å². The Kier molecular flexibility index (Phi) is 5.05. The Balaban J connectivity index is 1.71. The van der Waals surface area contributed by atoms with Crippen LogP contribution < -0.4 is 5.32 Å². The van der Waals surface area contributed by atoms with E-state index in [0.717, 1.165) is 12.5 Å². The first kappa shape index (κ1) is 14.3. The fraction of sp³-hybridized carbons (Fsp3) is 1.00. The number of nitrogens with one attached hydrogen (secondary N) is 1. The molecule has 0 aromatic carbocycles. The largest absolute Gasteiger partial charge is 0.319 e. The van der Waals surface area contributed by atoms with Gasteiger partial charge in [-0.15, -0.1) is 0 Å². The molecule has 0 aromatic rings. The second-order valence-corrected chi connectivity index (χ2v) is 6.71. The van der Waals surface area contributed by atoms with E-state index in [4.69, 9.17) is 0 Å². The molecule has 0 radical (unpaired) electrons. The lowest BCUT2D eigenvalue weighted by Gasteiger charge is -2.40. The highest BCUT2D eigenvalue weighted by atomic mass is 15.3. The van der Waals surface area contributed by atoms with Crippen molar-refractivity contribution in [3.05, 3.63) is 0 Å². The van der Waals surface area contributed by atoms with Gasteiger partial charge < -0.3 is 15.1 Å². The summed E-state index contributed by atoms with van der Waals surface area (Å²) in [7, 11) is 2.07. The van der Waals surface area contributed by atoms with Gasteiger partial charge in [-0.05, 0) is 37.6 Å². The monoisotopic (exact) mass is 253 g/mol. The van der Waals surface area contributed by atoms with Crippen LogP contribution in [-0.4, -0.2) is 62.7 Å². The van der Waals surface area contributed by atoms with Crippen LogP contribution in [0.3, 0.4) is 0 Å². The van der Waals surface area contributed by atoms with Gasteiger partial charge in [0, 0.05) is 45.8 Å². The fourth-order valence-corrected chi connectivity index (χ4v) is 3.05. The van der Waals surface area contributed by atoms with Gasteiger partial charge in [-0.2, -0.15) is 0 Å². The molecule has 18 heavy (non-hydrogen) atoms. The molecule has 3 heteroatoms. The quantitative estimate of drug-likeness (QED) is 0.744. The van der Waals surface area contributed by atoms with E-state index in [1.165, 1.54) is 58.5 Å². The smallest absolute Gasteiger partial charge is 0.0110 e.